The van der Waals surface area contributed by atoms with Crippen LogP contribution in [0.15, 0.2) is 67.0 Å². The van der Waals surface area contributed by atoms with Crippen molar-refractivity contribution in [2.75, 3.05) is 0 Å². The number of rotatable bonds is 1. The molecule has 0 aliphatic heterocycles. The smallest absolute Gasteiger partial charge is 0.335 e. The molecular formula is C15H12N2O2. The van der Waals surface area contributed by atoms with Crippen LogP contribution in [0.25, 0.3) is 10.8 Å². The van der Waals surface area contributed by atoms with Gasteiger partial charge >= 0.3 is 5.97 Å². The average molecular weight is 252 g/mol. The van der Waals surface area contributed by atoms with E-state index in [2.05, 4.69) is 10.2 Å². The van der Waals surface area contributed by atoms with Crippen molar-refractivity contribution in [1.82, 2.24) is 10.2 Å². The van der Waals surface area contributed by atoms with Crippen LogP contribution >= 0.6 is 0 Å². The topological polar surface area (TPSA) is 63.1 Å². The van der Waals surface area contributed by atoms with Crippen LogP contribution in [0.3, 0.4) is 0 Å². The molecule has 0 saturated carbocycles. The first-order valence-electron chi connectivity index (χ1n) is 5.71. The van der Waals surface area contributed by atoms with Crippen LogP contribution in [0.1, 0.15) is 10.4 Å². The Morgan fingerprint density at radius 2 is 1.26 bits per heavy atom. The van der Waals surface area contributed by atoms with E-state index < -0.39 is 5.97 Å². The second kappa shape index (κ2) is 6.26. The van der Waals surface area contributed by atoms with Crippen molar-refractivity contribution in [3.8, 4) is 0 Å². The fourth-order valence-electron chi connectivity index (χ4n) is 1.52. The van der Waals surface area contributed by atoms with Gasteiger partial charge in [-0.2, -0.15) is 10.2 Å². The molecule has 0 spiro atoms. The van der Waals surface area contributed by atoms with Gasteiger partial charge in [-0.05, 0) is 12.1 Å². The van der Waals surface area contributed by atoms with Crippen molar-refractivity contribution in [2.45, 2.75) is 0 Å². The maximum absolute atomic E-state index is 10.2. The van der Waals surface area contributed by atoms with Crippen molar-refractivity contribution >= 4 is 16.7 Å². The van der Waals surface area contributed by atoms with Gasteiger partial charge in [0.2, 0.25) is 0 Å². The van der Waals surface area contributed by atoms with Crippen LogP contribution in [0, 0.1) is 0 Å². The molecule has 0 bridgehead atoms. The average Bonchev–Trinajstić information content (AvgIpc) is 2.49. The third-order valence-corrected chi connectivity index (χ3v) is 2.48. The molecule has 4 nitrogen and oxygen atoms in total. The molecule has 3 aromatic rings. The maximum atomic E-state index is 10.2. The number of benzene rings is 2. The van der Waals surface area contributed by atoms with Crippen molar-refractivity contribution in [3.63, 3.8) is 0 Å². The zero-order valence-electron chi connectivity index (χ0n) is 10.1. The number of carboxylic acid groups (broad SMARTS) is 1. The van der Waals surface area contributed by atoms with Crippen LogP contribution in [-0.2, 0) is 0 Å². The van der Waals surface area contributed by atoms with Crippen molar-refractivity contribution < 1.29 is 9.90 Å². The summed E-state index contributed by atoms with van der Waals surface area (Å²) < 4.78 is 0. The van der Waals surface area contributed by atoms with Gasteiger partial charge in [0.05, 0.1) is 18.0 Å². The molecule has 2 aromatic carbocycles. The lowest BCUT2D eigenvalue weighted by Crippen LogP contribution is -1.93. The molecule has 0 aliphatic rings. The van der Waals surface area contributed by atoms with E-state index in [9.17, 15) is 4.79 Å². The molecule has 1 N–H and O–H groups in total. The number of carbonyl (C=O) groups is 1. The summed E-state index contributed by atoms with van der Waals surface area (Å²) in [5, 5.41) is 18.2. The molecule has 0 aliphatic carbocycles. The summed E-state index contributed by atoms with van der Waals surface area (Å²) >= 11 is 0. The Morgan fingerprint density at radius 1 is 0.789 bits per heavy atom. The van der Waals surface area contributed by atoms with Crippen molar-refractivity contribution in [3.05, 3.63) is 72.6 Å². The van der Waals surface area contributed by atoms with E-state index in [-0.39, 0.29) is 0 Å². The third-order valence-electron chi connectivity index (χ3n) is 2.48. The molecule has 4 heteroatoms. The maximum Gasteiger partial charge on any atom is 0.335 e. The highest BCUT2D eigenvalue weighted by Gasteiger charge is 1.96. The number of hydrogen-bond acceptors (Lipinski definition) is 3. The lowest BCUT2D eigenvalue weighted by Gasteiger charge is -1.90. The Morgan fingerprint density at radius 3 is 1.68 bits per heavy atom. The Labute approximate surface area is 110 Å². The Balaban J connectivity index is 0.000000141. The second-order valence-corrected chi connectivity index (χ2v) is 3.79. The van der Waals surface area contributed by atoms with Gasteiger partial charge in [0, 0.05) is 10.8 Å². The summed E-state index contributed by atoms with van der Waals surface area (Å²) in [6.45, 7) is 0. The fourth-order valence-corrected chi connectivity index (χ4v) is 1.52. The zero-order chi connectivity index (χ0) is 13.5. The van der Waals surface area contributed by atoms with E-state index in [1.165, 1.54) is 0 Å². The number of carboxylic acids is 1. The SMILES string of the molecule is O=C(O)c1ccccc1.c1ccc2cnncc2c1. The highest BCUT2D eigenvalue weighted by Crippen LogP contribution is 2.08. The van der Waals surface area contributed by atoms with Gasteiger partial charge < -0.3 is 5.11 Å². The molecule has 19 heavy (non-hydrogen) atoms. The quantitative estimate of drug-likeness (QED) is 0.723. The lowest BCUT2D eigenvalue weighted by atomic mass is 10.2. The molecule has 1 heterocycles. The lowest BCUT2D eigenvalue weighted by molar-refractivity contribution is 0.0697. The summed E-state index contributed by atoms with van der Waals surface area (Å²) in [5.41, 5.74) is 0.331. The van der Waals surface area contributed by atoms with Gasteiger partial charge in [0.15, 0.2) is 0 Å². The van der Waals surface area contributed by atoms with E-state index in [1.807, 2.05) is 24.3 Å². The summed E-state index contributed by atoms with van der Waals surface area (Å²) in [6, 6.07) is 16.3. The van der Waals surface area contributed by atoms with Gasteiger partial charge in [-0.25, -0.2) is 4.79 Å². The van der Waals surface area contributed by atoms with Gasteiger partial charge in [0.1, 0.15) is 0 Å². The second-order valence-electron chi connectivity index (χ2n) is 3.79. The number of fused-ring (bicyclic) bond motifs is 1. The summed E-state index contributed by atoms with van der Waals surface area (Å²) in [5.74, 6) is -0.879. The summed E-state index contributed by atoms with van der Waals surface area (Å²) in [6.07, 6.45) is 3.52. The standard InChI is InChI=1S/C8H6N2.C7H6O2/c1-2-4-8-6-10-9-5-7(8)3-1;8-7(9)6-4-2-1-3-5-6/h1-6H;1-5H,(H,8,9). The number of hydrogen-bond donors (Lipinski definition) is 1. The van der Waals surface area contributed by atoms with Gasteiger partial charge in [-0.15, -0.1) is 0 Å². The van der Waals surface area contributed by atoms with E-state index >= 15 is 0 Å². The van der Waals surface area contributed by atoms with Gasteiger partial charge in [-0.3, -0.25) is 0 Å². The predicted octanol–water partition coefficient (Wildman–Crippen LogP) is 3.01. The molecule has 94 valence electrons. The Hall–Kier alpha value is -2.75. The first-order valence-corrected chi connectivity index (χ1v) is 5.71. The van der Waals surface area contributed by atoms with Crippen LogP contribution in [0.5, 0.6) is 0 Å². The normalized spacial score (nSPS) is 9.47. The first kappa shape index (κ1) is 12.7. The minimum absolute atomic E-state index is 0.331. The number of nitrogens with zero attached hydrogens (tertiary/aromatic N) is 2. The first-order chi connectivity index (χ1) is 9.27. The fraction of sp³-hybridized carbons (Fsp3) is 0. The summed E-state index contributed by atoms with van der Waals surface area (Å²) in [7, 11) is 0. The Bertz CT molecular complexity index is 604. The highest BCUT2D eigenvalue weighted by atomic mass is 16.4. The van der Waals surface area contributed by atoms with E-state index in [4.69, 9.17) is 5.11 Å². The molecule has 1 aromatic heterocycles. The van der Waals surface area contributed by atoms with E-state index in [0.29, 0.717) is 5.56 Å². The third kappa shape index (κ3) is 3.61. The van der Waals surface area contributed by atoms with E-state index in [0.717, 1.165) is 10.8 Å². The van der Waals surface area contributed by atoms with Gasteiger partial charge in [-0.1, -0.05) is 42.5 Å². The summed E-state index contributed by atoms with van der Waals surface area (Å²) in [4.78, 5) is 10.2. The van der Waals surface area contributed by atoms with Gasteiger partial charge in [0.25, 0.3) is 0 Å². The monoisotopic (exact) mass is 252 g/mol. The minimum atomic E-state index is -0.879. The Kier molecular flexibility index (Phi) is 4.18. The molecule has 3 rings (SSSR count). The number of aromatic carboxylic acids is 1. The van der Waals surface area contributed by atoms with Crippen molar-refractivity contribution in [1.29, 1.82) is 0 Å². The van der Waals surface area contributed by atoms with Crippen LogP contribution in [0.2, 0.25) is 0 Å². The van der Waals surface area contributed by atoms with Crippen LogP contribution < -0.4 is 0 Å². The minimum Gasteiger partial charge on any atom is -0.478 e. The predicted molar refractivity (Wildman–Crippen MR) is 72.9 cm³/mol. The largest absolute Gasteiger partial charge is 0.478 e. The molecular weight excluding hydrogens is 240 g/mol. The highest BCUT2D eigenvalue weighted by molar-refractivity contribution is 5.87. The molecule has 0 fully saturated rings. The molecule has 0 radical (unpaired) electrons. The van der Waals surface area contributed by atoms with E-state index in [1.54, 1.807) is 42.7 Å². The number of aromatic nitrogens is 2. The molecule has 0 saturated heterocycles. The molecule has 0 amide bonds. The van der Waals surface area contributed by atoms with Crippen LogP contribution in [-0.4, -0.2) is 21.3 Å². The van der Waals surface area contributed by atoms with Crippen molar-refractivity contribution in [2.24, 2.45) is 0 Å². The molecule has 0 unspecified atom stereocenters. The van der Waals surface area contributed by atoms with Crippen LogP contribution in [0.4, 0.5) is 0 Å². The molecule has 0 atom stereocenters. The zero-order valence-corrected chi connectivity index (χ0v) is 10.1.